The van der Waals surface area contributed by atoms with Gasteiger partial charge in [-0.05, 0) is 53.8 Å². The zero-order chi connectivity index (χ0) is 30.0. The first kappa shape index (κ1) is 33.1. The molecule has 0 N–H and O–H groups in total. The van der Waals surface area contributed by atoms with Crippen LogP contribution < -0.4 is 4.74 Å². The molecule has 0 saturated carbocycles. The number of carbonyl (C=O) groups is 2. The largest absolute Gasteiger partial charge is 0.490 e. The zero-order valence-electron chi connectivity index (χ0n) is 25.8. The molecule has 1 heterocycles. The predicted octanol–water partition coefficient (Wildman–Crippen LogP) is 9.34. The molecule has 1 aromatic heterocycles. The van der Waals surface area contributed by atoms with E-state index in [1.807, 2.05) is 42.5 Å². The maximum Gasteiger partial charge on any atom is 0.339 e. The van der Waals surface area contributed by atoms with Gasteiger partial charge in [0.1, 0.15) is 18.5 Å². The van der Waals surface area contributed by atoms with Crippen LogP contribution in [0.3, 0.4) is 0 Å². The molecule has 0 saturated heterocycles. The first-order valence-electron chi connectivity index (χ1n) is 15.9. The molecular weight excluding hydrogens is 526 g/mol. The van der Waals surface area contributed by atoms with Crippen molar-refractivity contribution in [2.45, 2.75) is 104 Å². The second-order valence-electron chi connectivity index (χ2n) is 11.4. The Hall–Kier alpha value is -3.41. The Labute approximate surface area is 252 Å². The summed E-state index contributed by atoms with van der Waals surface area (Å²) in [4.78, 5) is 28.0. The van der Waals surface area contributed by atoms with Crippen molar-refractivity contribution >= 4 is 23.2 Å². The molecule has 3 aromatic rings. The smallest absolute Gasteiger partial charge is 0.339 e. The molecule has 0 fully saturated rings. The van der Waals surface area contributed by atoms with Crippen LogP contribution in [-0.4, -0.2) is 36.7 Å². The molecule has 0 aliphatic rings. The van der Waals surface area contributed by atoms with Gasteiger partial charge in [0.2, 0.25) is 0 Å². The van der Waals surface area contributed by atoms with Crippen molar-refractivity contribution < 1.29 is 23.8 Å². The van der Waals surface area contributed by atoms with Gasteiger partial charge in [0.05, 0.1) is 17.9 Å². The van der Waals surface area contributed by atoms with Crippen LogP contribution in [0.5, 0.6) is 5.75 Å². The molecule has 1 unspecified atom stereocenters. The van der Waals surface area contributed by atoms with Gasteiger partial charge in [-0.3, -0.25) is 9.78 Å². The van der Waals surface area contributed by atoms with E-state index in [9.17, 15) is 9.59 Å². The van der Waals surface area contributed by atoms with Gasteiger partial charge in [-0.1, -0.05) is 109 Å². The number of carbonyl (C=O) groups excluding carboxylic acids is 2. The van der Waals surface area contributed by atoms with Crippen LogP contribution in [-0.2, 0) is 14.3 Å². The number of unbranched alkanes of at least 4 members (excludes halogenated alkanes) is 9. The van der Waals surface area contributed by atoms with Crippen LogP contribution in [0.15, 0.2) is 54.7 Å². The molecule has 0 aliphatic carbocycles. The molecule has 6 heteroatoms. The third kappa shape index (κ3) is 11.1. The molecule has 228 valence electrons. The number of hydrogen-bond acceptors (Lipinski definition) is 6. The van der Waals surface area contributed by atoms with E-state index in [4.69, 9.17) is 14.2 Å². The number of ether oxygens (including phenoxy) is 3. The standard InChI is InChI=1S/C36H49NO5/c1-4-6-7-8-9-10-11-12-13-14-17-32(42-27-38)26-40-31-20-21-33-29(23-31)16-15-18-34(33)35-22-19-30(24-37-35)36(39)41-25-28(3)5-2/h15-16,18-24,27-28,32H,4-14,17,25-26H2,1-3H3/t28?,32-/m0/s1. The Bertz CT molecular complexity index is 1210. The highest BCUT2D eigenvalue weighted by Crippen LogP contribution is 2.30. The summed E-state index contributed by atoms with van der Waals surface area (Å²) in [5.74, 6) is 0.715. The Morgan fingerprint density at radius 2 is 1.62 bits per heavy atom. The highest BCUT2D eigenvalue weighted by molar-refractivity contribution is 5.97. The lowest BCUT2D eigenvalue weighted by atomic mass is 10.0. The number of esters is 1. The van der Waals surface area contributed by atoms with Crippen LogP contribution in [0.4, 0.5) is 0 Å². The molecule has 0 amide bonds. The maximum atomic E-state index is 12.4. The minimum atomic E-state index is -0.348. The van der Waals surface area contributed by atoms with Gasteiger partial charge < -0.3 is 14.2 Å². The number of benzene rings is 2. The molecule has 2 atom stereocenters. The Balaban J connectivity index is 1.51. The number of aromatic nitrogens is 1. The van der Waals surface area contributed by atoms with E-state index in [1.54, 1.807) is 12.3 Å². The van der Waals surface area contributed by atoms with E-state index in [-0.39, 0.29) is 12.1 Å². The average Bonchev–Trinajstić information content (AvgIpc) is 3.02. The van der Waals surface area contributed by atoms with Crippen LogP contribution in [0, 0.1) is 5.92 Å². The second kappa shape index (κ2) is 18.9. The molecule has 0 bridgehead atoms. The molecule has 2 aromatic carbocycles. The van der Waals surface area contributed by atoms with Crippen molar-refractivity contribution in [2.24, 2.45) is 5.92 Å². The van der Waals surface area contributed by atoms with Gasteiger partial charge in [0.25, 0.3) is 6.47 Å². The summed E-state index contributed by atoms with van der Waals surface area (Å²) in [6.45, 7) is 7.65. The summed E-state index contributed by atoms with van der Waals surface area (Å²) in [5.41, 5.74) is 2.20. The quantitative estimate of drug-likeness (QED) is 0.0716. The highest BCUT2D eigenvalue weighted by atomic mass is 16.6. The van der Waals surface area contributed by atoms with Crippen molar-refractivity contribution in [3.05, 3.63) is 60.3 Å². The fourth-order valence-electron chi connectivity index (χ4n) is 4.99. The van der Waals surface area contributed by atoms with E-state index in [2.05, 4.69) is 25.8 Å². The third-order valence-electron chi connectivity index (χ3n) is 7.89. The molecule has 42 heavy (non-hydrogen) atoms. The van der Waals surface area contributed by atoms with Crippen molar-refractivity contribution in [3.63, 3.8) is 0 Å². The van der Waals surface area contributed by atoms with E-state index < -0.39 is 0 Å². The molecular formula is C36H49NO5. The minimum absolute atomic E-state index is 0.252. The summed E-state index contributed by atoms with van der Waals surface area (Å²) in [7, 11) is 0. The van der Waals surface area contributed by atoms with E-state index >= 15 is 0 Å². The molecule has 3 rings (SSSR count). The van der Waals surface area contributed by atoms with E-state index in [0.29, 0.717) is 31.2 Å². The van der Waals surface area contributed by atoms with Gasteiger partial charge in [-0.2, -0.15) is 0 Å². The molecule has 6 nitrogen and oxygen atoms in total. The second-order valence-corrected chi connectivity index (χ2v) is 11.4. The lowest BCUT2D eigenvalue weighted by molar-refractivity contribution is -0.135. The van der Waals surface area contributed by atoms with Crippen LogP contribution in [0.1, 0.15) is 108 Å². The number of fused-ring (bicyclic) bond motifs is 1. The van der Waals surface area contributed by atoms with Crippen molar-refractivity contribution in [2.75, 3.05) is 13.2 Å². The highest BCUT2D eigenvalue weighted by Gasteiger charge is 2.13. The van der Waals surface area contributed by atoms with Gasteiger partial charge in [-0.25, -0.2) is 4.79 Å². The lowest BCUT2D eigenvalue weighted by Gasteiger charge is -2.16. The maximum absolute atomic E-state index is 12.4. The Morgan fingerprint density at radius 1 is 0.881 bits per heavy atom. The number of nitrogens with zero attached hydrogens (tertiary/aromatic N) is 1. The fourth-order valence-corrected chi connectivity index (χ4v) is 4.99. The summed E-state index contributed by atoms with van der Waals surface area (Å²) in [6, 6.07) is 15.6. The SMILES string of the molecule is CCCCCCCCCCCC[C@@H](COc1ccc2c(-c3ccc(C(=O)OCC(C)CC)cn3)cccc2c1)OC=O. The zero-order valence-corrected chi connectivity index (χ0v) is 25.8. The van der Waals surface area contributed by atoms with Crippen LogP contribution in [0.2, 0.25) is 0 Å². The normalized spacial score (nSPS) is 12.5. The minimum Gasteiger partial charge on any atom is -0.490 e. The monoisotopic (exact) mass is 575 g/mol. The third-order valence-corrected chi connectivity index (χ3v) is 7.89. The van der Waals surface area contributed by atoms with Gasteiger partial charge in [0.15, 0.2) is 0 Å². The first-order chi connectivity index (χ1) is 20.5. The summed E-state index contributed by atoms with van der Waals surface area (Å²) >= 11 is 0. The molecule has 0 radical (unpaired) electrons. The van der Waals surface area contributed by atoms with E-state index in [1.165, 1.54) is 51.4 Å². The number of rotatable bonds is 21. The van der Waals surface area contributed by atoms with Gasteiger partial charge >= 0.3 is 5.97 Å². The summed E-state index contributed by atoms with van der Waals surface area (Å²) < 4.78 is 16.8. The Kier molecular flexibility index (Phi) is 14.9. The van der Waals surface area contributed by atoms with Gasteiger partial charge in [-0.15, -0.1) is 0 Å². The van der Waals surface area contributed by atoms with Crippen LogP contribution in [0.25, 0.3) is 22.0 Å². The summed E-state index contributed by atoms with van der Waals surface area (Å²) in [5, 5.41) is 2.06. The van der Waals surface area contributed by atoms with Gasteiger partial charge in [0, 0.05) is 11.8 Å². The van der Waals surface area contributed by atoms with Crippen molar-refractivity contribution in [1.29, 1.82) is 0 Å². The number of hydrogen-bond donors (Lipinski definition) is 0. The fraction of sp³-hybridized carbons (Fsp3) is 0.528. The molecule has 0 spiro atoms. The van der Waals surface area contributed by atoms with E-state index in [0.717, 1.165) is 53.5 Å². The average molecular weight is 576 g/mol. The number of pyridine rings is 1. The Morgan fingerprint density at radius 3 is 2.29 bits per heavy atom. The van der Waals surface area contributed by atoms with Crippen molar-refractivity contribution in [3.8, 4) is 17.0 Å². The molecule has 0 aliphatic heterocycles. The predicted molar refractivity (Wildman–Crippen MR) is 170 cm³/mol. The summed E-state index contributed by atoms with van der Waals surface area (Å²) in [6.07, 6.45) is 15.8. The lowest BCUT2D eigenvalue weighted by Crippen LogP contribution is -2.21. The first-order valence-corrected chi connectivity index (χ1v) is 15.9. The topological polar surface area (TPSA) is 74.7 Å². The van der Waals surface area contributed by atoms with Crippen molar-refractivity contribution in [1.82, 2.24) is 4.98 Å². The van der Waals surface area contributed by atoms with Crippen LogP contribution >= 0.6 is 0 Å².